The first-order valence-corrected chi connectivity index (χ1v) is 14.7. The Morgan fingerprint density at radius 3 is 1.72 bits per heavy atom. The van der Waals surface area contributed by atoms with Crippen LogP contribution in [0.25, 0.3) is 44.6 Å². The van der Waals surface area contributed by atoms with E-state index in [0.29, 0.717) is 0 Å². The van der Waals surface area contributed by atoms with Crippen LogP contribution in [0.5, 0.6) is 0 Å². The molecule has 0 atom stereocenters. The molecule has 43 heavy (non-hydrogen) atoms. The number of fused-ring (bicyclic) bond motifs is 3. The van der Waals surface area contributed by atoms with E-state index in [1.165, 1.54) is 44.5 Å². The van der Waals surface area contributed by atoms with Crippen LogP contribution in [0.15, 0.2) is 170 Å². The Labute approximate surface area is 252 Å². The number of hydrogen-bond donors (Lipinski definition) is 0. The van der Waals surface area contributed by atoms with Crippen molar-refractivity contribution in [3.8, 4) is 44.6 Å². The molecule has 2 heterocycles. The maximum absolute atomic E-state index is 4.55. The van der Waals surface area contributed by atoms with Crippen LogP contribution in [0.1, 0.15) is 22.3 Å². The zero-order chi connectivity index (χ0) is 28.6. The van der Waals surface area contributed by atoms with Gasteiger partial charge < -0.3 is 0 Å². The molecule has 0 fully saturated rings. The van der Waals surface area contributed by atoms with Gasteiger partial charge >= 0.3 is 0 Å². The second-order valence-corrected chi connectivity index (χ2v) is 11.0. The van der Waals surface area contributed by atoms with E-state index in [1.54, 1.807) is 0 Å². The number of nitrogens with zero attached hydrogens (tertiary/aromatic N) is 2. The fourth-order valence-electron chi connectivity index (χ4n) is 6.84. The minimum atomic E-state index is -0.452. The highest BCUT2D eigenvalue weighted by molar-refractivity contribution is 5.95. The molecule has 0 saturated carbocycles. The second-order valence-electron chi connectivity index (χ2n) is 11.0. The fraction of sp³-hybridized carbons (Fsp3) is 0.0244. The van der Waals surface area contributed by atoms with Gasteiger partial charge in [-0.25, -0.2) is 0 Å². The lowest BCUT2D eigenvalue weighted by Crippen LogP contribution is -2.28. The molecule has 0 bridgehead atoms. The quantitative estimate of drug-likeness (QED) is 0.214. The topological polar surface area (TPSA) is 25.8 Å². The molecule has 0 radical (unpaired) electrons. The summed E-state index contributed by atoms with van der Waals surface area (Å²) in [5.41, 5.74) is 13.9. The number of rotatable bonds is 5. The van der Waals surface area contributed by atoms with Gasteiger partial charge in [-0.3, -0.25) is 9.97 Å². The minimum Gasteiger partial charge on any atom is -0.264 e. The molecule has 5 aromatic carbocycles. The predicted molar refractivity (Wildman–Crippen MR) is 176 cm³/mol. The van der Waals surface area contributed by atoms with Crippen molar-refractivity contribution >= 4 is 0 Å². The van der Waals surface area contributed by atoms with Gasteiger partial charge in [0, 0.05) is 29.7 Å². The normalized spacial score (nSPS) is 12.8. The number of aromatic nitrogens is 2. The smallest absolute Gasteiger partial charge is 0.0713 e. The average molecular weight is 549 g/mol. The maximum Gasteiger partial charge on any atom is 0.0713 e. The van der Waals surface area contributed by atoms with Crippen molar-refractivity contribution < 1.29 is 0 Å². The van der Waals surface area contributed by atoms with E-state index in [-0.39, 0.29) is 0 Å². The summed E-state index contributed by atoms with van der Waals surface area (Å²) in [5.74, 6) is 0. The van der Waals surface area contributed by atoms with Crippen LogP contribution in [0, 0.1) is 0 Å². The maximum atomic E-state index is 4.55. The zero-order valence-corrected chi connectivity index (χ0v) is 23.6. The molecule has 0 saturated heterocycles. The molecule has 0 N–H and O–H groups in total. The van der Waals surface area contributed by atoms with Crippen LogP contribution in [0.2, 0.25) is 0 Å². The zero-order valence-electron chi connectivity index (χ0n) is 23.6. The molecule has 2 aromatic heterocycles. The Bertz CT molecular complexity index is 1990. The van der Waals surface area contributed by atoms with E-state index < -0.39 is 5.41 Å². The Balaban J connectivity index is 1.43. The first-order valence-electron chi connectivity index (χ1n) is 14.7. The molecule has 8 rings (SSSR count). The van der Waals surface area contributed by atoms with Gasteiger partial charge in [0.2, 0.25) is 0 Å². The van der Waals surface area contributed by atoms with Crippen LogP contribution >= 0.6 is 0 Å². The van der Waals surface area contributed by atoms with E-state index in [1.807, 2.05) is 36.8 Å². The molecule has 2 heteroatoms. The van der Waals surface area contributed by atoms with Gasteiger partial charge in [-0.1, -0.05) is 121 Å². The highest BCUT2D eigenvalue weighted by Gasteiger charge is 2.46. The highest BCUT2D eigenvalue weighted by Crippen LogP contribution is 2.57. The molecular formula is C41H28N2. The van der Waals surface area contributed by atoms with E-state index in [0.717, 1.165) is 22.4 Å². The molecular weight excluding hydrogens is 520 g/mol. The first-order chi connectivity index (χ1) is 21.3. The van der Waals surface area contributed by atoms with Gasteiger partial charge in [-0.15, -0.1) is 0 Å². The van der Waals surface area contributed by atoms with Gasteiger partial charge in [0.25, 0.3) is 0 Å². The summed E-state index contributed by atoms with van der Waals surface area (Å²) in [6, 6.07) is 54.6. The standard InChI is InChI=1S/C41H28N2/c1-3-13-32(14-4-1)41(33-15-5-2-6-16-33)38-18-8-7-17-34(38)37-26-35(36(27-39(37)41)31-12-11-24-42-28-31)29-20-22-30(23-21-29)40-19-9-10-25-43-40/h1-28H. The van der Waals surface area contributed by atoms with Crippen molar-refractivity contribution in [1.29, 1.82) is 0 Å². The predicted octanol–water partition coefficient (Wildman–Crippen LogP) is 9.84. The van der Waals surface area contributed by atoms with Crippen LogP contribution < -0.4 is 0 Å². The summed E-state index contributed by atoms with van der Waals surface area (Å²) >= 11 is 0. The molecule has 0 unspecified atom stereocenters. The Morgan fingerprint density at radius 2 is 1.05 bits per heavy atom. The lowest BCUT2D eigenvalue weighted by Gasteiger charge is -2.34. The largest absolute Gasteiger partial charge is 0.264 e. The van der Waals surface area contributed by atoms with Gasteiger partial charge in [0.1, 0.15) is 0 Å². The Kier molecular flexibility index (Phi) is 6.05. The fourth-order valence-corrected chi connectivity index (χ4v) is 6.84. The third-order valence-corrected chi connectivity index (χ3v) is 8.73. The van der Waals surface area contributed by atoms with Gasteiger partial charge in [-0.05, 0) is 80.4 Å². The summed E-state index contributed by atoms with van der Waals surface area (Å²) in [6.07, 6.45) is 5.65. The highest BCUT2D eigenvalue weighted by atomic mass is 14.7. The van der Waals surface area contributed by atoms with E-state index in [9.17, 15) is 0 Å². The van der Waals surface area contributed by atoms with Gasteiger partial charge in [-0.2, -0.15) is 0 Å². The van der Waals surface area contributed by atoms with Crippen molar-refractivity contribution in [1.82, 2.24) is 9.97 Å². The molecule has 2 nitrogen and oxygen atoms in total. The second kappa shape index (κ2) is 10.3. The van der Waals surface area contributed by atoms with Crippen molar-refractivity contribution in [2.75, 3.05) is 0 Å². The van der Waals surface area contributed by atoms with Gasteiger partial charge in [0.05, 0.1) is 11.1 Å². The minimum absolute atomic E-state index is 0.452. The van der Waals surface area contributed by atoms with E-state index >= 15 is 0 Å². The number of pyridine rings is 2. The lowest BCUT2D eigenvalue weighted by molar-refractivity contribution is 0.769. The molecule has 0 aliphatic heterocycles. The van der Waals surface area contributed by atoms with Crippen LogP contribution in [0.3, 0.4) is 0 Å². The molecule has 0 spiro atoms. The summed E-state index contributed by atoms with van der Waals surface area (Å²) in [6.45, 7) is 0. The SMILES string of the molecule is c1ccc(C2(c3ccccc3)c3ccccc3-c3cc(-c4ccc(-c5ccccn5)cc4)c(-c4cccnc4)cc32)cc1. The summed E-state index contributed by atoms with van der Waals surface area (Å²) in [4.78, 5) is 9.08. The third-order valence-electron chi connectivity index (χ3n) is 8.73. The monoisotopic (exact) mass is 548 g/mol. The number of benzene rings is 5. The first kappa shape index (κ1) is 25.1. The molecule has 7 aromatic rings. The summed E-state index contributed by atoms with van der Waals surface area (Å²) in [5, 5.41) is 0. The van der Waals surface area contributed by atoms with Crippen LogP contribution in [-0.4, -0.2) is 9.97 Å². The molecule has 202 valence electrons. The van der Waals surface area contributed by atoms with Crippen molar-refractivity contribution in [2.24, 2.45) is 0 Å². The molecule has 1 aliphatic rings. The number of hydrogen-bond acceptors (Lipinski definition) is 2. The van der Waals surface area contributed by atoms with Crippen molar-refractivity contribution in [3.05, 3.63) is 193 Å². The van der Waals surface area contributed by atoms with Crippen molar-refractivity contribution in [3.63, 3.8) is 0 Å². The van der Waals surface area contributed by atoms with Gasteiger partial charge in [0.15, 0.2) is 0 Å². The average Bonchev–Trinajstić information content (AvgIpc) is 3.39. The Hall–Kier alpha value is -5.60. The van der Waals surface area contributed by atoms with E-state index in [2.05, 4.69) is 143 Å². The van der Waals surface area contributed by atoms with E-state index in [4.69, 9.17) is 0 Å². The molecule has 1 aliphatic carbocycles. The summed E-state index contributed by atoms with van der Waals surface area (Å²) < 4.78 is 0. The summed E-state index contributed by atoms with van der Waals surface area (Å²) in [7, 11) is 0. The van der Waals surface area contributed by atoms with Crippen LogP contribution in [0.4, 0.5) is 0 Å². The lowest BCUT2D eigenvalue weighted by atomic mass is 9.67. The van der Waals surface area contributed by atoms with Crippen molar-refractivity contribution in [2.45, 2.75) is 5.41 Å². The Morgan fingerprint density at radius 1 is 0.395 bits per heavy atom. The molecule has 0 amide bonds. The third kappa shape index (κ3) is 4.03. The van der Waals surface area contributed by atoms with Crippen LogP contribution in [-0.2, 0) is 5.41 Å².